The lowest BCUT2D eigenvalue weighted by Gasteiger charge is -2.13. The van der Waals surface area contributed by atoms with Crippen molar-refractivity contribution in [1.82, 2.24) is 0 Å². The predicted molar refractivity (Wildman–Crippen MR) is 85.0 cm³/mol. The SMILES string of the molecule is O=C(/C=C/c1cccs1)Nc1cc(Cl)ccc1OCC(F)(F)F. The van der Waals surface area contributed by atoms with Crippen molar-refractivity contribution in [3.63, 3.8) is 0 Å². The highest BCUT2D eigenvalue weighted by molar-refractivity contribution is 7.10. The van der Waals surface area contributed by atoms with Gasteiger partial charge in [-0.3, -0.25) is 4.79 Å². The van der Waals surface area contributed by atoms with Crippen LogP contribution in [-0.2, 0) is 4.79 Å². The van der Waals surface area contributed by atoms with Crippen molar-refractivity contribution in [2.45, 2.75) is 6.18 Å². The molecule has 0 spiro atoms. The van der Waals surface area contributed by atoms with E-state index < -0.39 is 18.7 Å². The Hall–Kier alpha value is -1.99. The fraction of sp³-hybridized carbons (Fsp3) is 0.133. The summed E-state index contributed by atoms with van der Waals surface area (Å²) in [6, 6.07) is 7.63. The van der Waals surface area contributed by atoms with Crippen LogP contribution in [0.1, 0.15) is 4.88 Å². The van der Waals surface area contributed by atoms with Gasteiger partial charge in [-0.15, -0.1) is 11.3 Å². The number of thiophene rings is 1. The van der Waals surface area contributed by atoms with E-state index in [0.29, 0.717) is 0 Å². The Morgan fingerprint density at radius 1 is 1.35 bits per heavy atom. The Kier molecular flexibility index (Phi) is 5.68. The van der Waals surface area contributed by atoms with Crippen molar-refractivity contribution in [2.24, 2.45) is 0 Å². The molecule has 0 fully saturated rings. The van der Waals surface area contributed by atoms with Crippen molar-refractivity contribution < 1.29 is 22.7 Å². The first-order chi connectivity index (χ1) is 10.8. The summed E-state index contributed by atoms with van der Waals surface area (Å²) in [4.78, 5) is 12.7. The van der Waals surface area contributed by atoms with E-state index in [1.165, 1.54) is 35.6 Å². The van der Waals surface area contributed by atoms with Crippen LogP contribution in [0.25, 0.3) is 6.08 Å². The topological polar surface area (TPSA) is 38.3 Å². The largest absolute Gasteiger partial charge is 0.482 e. The molecule has 2 aromatic rings. The molecule has 0 bridgehead atoms. The van der Waals surface area contributed by atoms with Crippen molar-refractivity contribution in [2.75, 3.05) is 11.9 Å². The first-order valence-electron chi connectivity index (χ1n) is 6.35. The second-order valence-corrected chi connectivity index (χ2v) is 5.80. The molecule has 0 aliphatic rings. The third-order valence-electron chi connectivity index (χ3n) is 2.53. The van der Waals surface area contributed by atoms with Crippen LogP contribution in [0, 0.1) is 0 Å². The number of hydrogen-bond acceptors (Lipinski definition) is 3. The Bertz CT molecular complexity index is 699. The quantitative estimate of drug-likeness (QED) is 0.761. The van der Waals surface area contributed by atoms with Crippen LogP contribution in [0.4, 0.5) is 18.9 Å². The molecule has 0 unspecified atom stereocenters. The Morgan fingerprint density at radius 2 is 2.13 bits per heavy atom. The Balaban J connectivity index is 2.08. The number of carbonyl (C=O) groups excluding carboxylic acids is 1. The molecule has 1 aromatic carbocycles. The van der Waals surface area contributed by atoms with E-state index in [-0.39, 0.29) is 16.5 Å². The minimum absolute atomic E-state index is 0.0718. The molecule has 1 N–H and O–H groups in total. The zero-order valence-corrected chi connectivity index (χ0v) is 13.1. The van der Waals surface area contributed by atoms with E-state index in [0.717, 1.165) is 4.88 Å². The molecule has 3 nitrogen and oxygen atoms in total. The lowest BCUT2D eigenvalue weighted by molar-refractivity contribution is -0.153. The molecule has 1 aromatic heterocycles. The number of carbonyl (C=O) groups is 1. The molecular formula is C15H11ClF3NO2S. The average molecular weight is 362 g/mol. The number of alkyl halides is 3. The zero-order valence-electron chi connectivity index (χ0n) is 11.6. The number of benzene rings is 1. The standard InChI is InChI=1S/C15H11ClF3NO2S/c16-10-3-5-13(22-9-15(17,18)19)12(8-10)20-14(21)6-4-11-2-1-7-23-11/h1-8H,9H2,(H,20,21)/b6-4+. The van der Waals surface area contributed by atoms with Gasteiger partial charge in [0.15, 0.2) is 6.61 Å². The summed E-state index contributed by atoms with van der Waals surface area (Å²) in [7, 11) is 0. The summed E-state index contributed by atoms with van der Waals surface area (Å²) < 4.78 is 41.4. The van der Waals surface area contributed by atoms with Gasteiger partial charge in [0.2, 0.25) is 5.91 Å². The number of hydrogen-bond donors (Lipinski definition) is 1. The molecule has 2 rings (SSSR count). The van der Waals surface area contributed by atoms with E-state index in [1.807, 2.05) is 17.5 Å². The molecule has 23 heavy (non-hydrogen) atoms. The van der Waals surface area contributed by atoms with Crippen LogP contribution in [0.15, 0.2) is 41.8 Å². The lowest BCUT2D eigenvalue weighted by Crippen LogP contribution is -2.20. The van der Waals surface area contributed by atoms with E-state index in [1.54, 1.807) is 6.08 Å². The normalized spacial score (nSPS) is 11.7. The van der Waals surface area contributed by atoms with E-state index in [2.05, 4.69) is 10.1 Å². The van der Waals surface area contributed by atoms with Crippen LogP contribution < -0.4 is 10.1 Å². The van der Waals surface area contributed by atoms with Crippen molar-refractivity contribution in [1.29, 1.82) is 0 Å². The van der Waals surface area contributed by atoms with Crippen LogP contribution >= 0.6 is 22.9 Å². The monoisotopic (exact) mass is 361 g/mol. The number of nitrogens with one attached hydrogen (secondary N) is 1. The number of amides is 1. The number of anilines is 1. The maximum absolute atomic E-state index is 12.2. The van der Waals surface area contributed by atoms with Gasteiger partial charge in [0.25, 0.3) is 0 Å². The van der Waals surface area contributed by atoms with Gasteiger partial charge in [-0.05, 0) is 35.7 Å². The minimum atomic E-state index is -4.47. The molecule has 1 heterocycles. The third kappa shape index (κ3) is 5.96. The lowest BCUT2D eigenvalue weighted by atomic mass is 10.3. The van der Waals surface area contributed by atoms with Gasteiger partial charge in [0.1, 0.15) is 5.75 Å². The second-order valence-electron chi connectivity index (χ2n) is 4.38. The van der Waals surface area contributed by atoms with Gasteiger partial charge in [-0.25, -0.2) is 0 Å². The van der Waals surface area contributed by atoms with Gasteiger partial charge in [0.05, 0.1) is 5.69 Å². The maximum Gasteiger partial charge on any atom is 0.422 e. The first kappa shape index (κ1) is 17.4. The Labute approximate surface area is 139 Å². The van der Waals surface area contributed by atoms with Gasteiger partial charge in [-0.1, -0.05) is 17.7 Å². The van der Waals surface area contributed by atoms with E-state index in [9.17, 15) is 18.0 Å². The van der Waals surface area contributed by atoms with Gasteiger partial charge >= 0.3 is 6.18 Å². The summed E-state index contributed by atoms with van der Waals surface area (Å²) in [5, 5.41) is 4.58. The summed E-state index contributed by atoms with van der Waals surface area (Å²) in [6.45, 7) is -1.46. The molecule has 0 aliphatic heterocycles. The molecule has 122 valence electrons. The minimum Gasteiger partial charge on any atom is -0.482 e. The smallest absolute Gasteiger partial charge is 0.422 e. The predicted octanol–water partition coefficient (Wildman–Crippen LogP) is 4.99. The average Bonchev–Trinajstić information content (AvgIpc) is 2.96. The fourth-order valence-corrected chi connectivity index (χ4v) is 2.39. The molecule has 0 radical (unpaired) electrons. The molecule has 0 aliphatic carbocycles. The molecule has 0 saturated carbocycles. The molecule has 1 amide bonds. The van der Waals surface area contributed by atoms with Crippen LogP contribution in [0.3, 0.4) is 0 Å². The van der Waals surface area contributed by atoms with E-state index in [4.69, 9.17) is 11.6 Å². The highest BCUT2D eigenvalue weighted by Crippen LogP contribution is 2.29. The Morgan fingerprint density at radius 3 is 2.78 bits per heavy atom. The summed E-state index contributed by atoms with van der Waals surface area (Å²) in [6.07, 6.45) is -1.60. The van der Waals surface area contributed by atoms with Gasteiger partial charge in [-0.2, -0.15) is 13.2 Å². The second kappa shape index (κ2) is 7.52. The van der Waals surface area contributed by atoms with E-state index >= 15 is 0 Å². The molecule has 8 heteroatoms. The van der Waals surface area contributed by atoms with Crippen LogP contribution in [0.2, 0.25) is 5.02 Å². The van der Waals surface area contributed by atoms with Crippen molar-refractivity contribution in [3.8, 4) is 5.75 Å². The highest BCUT2D eigenvalue weighted by atomic mass is 35.5. The van der Waals surface area contributed by atoms with Crippen LogP contribution in [-0.4, -0.2) is 18.7 Å². The third-order valence-corrected chi connectivity index (χ3v) is 3.61. The summed E-state index contributed by atoms with van der Waals surface area (Å²) in [5.41, 5.74) is 0.0718. The maximum atomic E-state index is 12.2. The molecule has 0 atom stereocenters. The van der Waals surface area contributed by atoms with Gasteiger partial charge in [0, 0.05) is 16.0 Å². The summed E-state index contributed by atoms with van der Waals surface area (Å²) in [5.74, 6) is -0.609. The summed E-state index contributed by atoms with van der Waals surface area (Å²) >= 11 is 7.25. The fourth-order valence-electron chi connectivity index (χ4n) is 1.60. The molecule has 0 saturated heterocycles. The molecular weight excluding hydrogens is 351 g/mol. The van der Waals surface area contributed by atoms with Gasteiger partial charge < -0.3 is 10.1 Å². The van der Waals surface area contributed by atoms with Crippen molar-refractivity contribution in [3.05, 3.63) is 51.7 Å². The highest BCUT2D eigenvalue weighted by Gasteiger charge is 2.28. The number of ether oxygens (including phenoxy) is 1. The van der Waals surface area contributed by atoms with Crippen LogP contribution in [0.5, 0.6) is 5.75 Å². The number of halogens is 4. The zero-order chi connectivity index (χ0) is 16.9. The van der Waals surface area contributed by atoms with Crippen molar-refractivity contribution >= 4 is 40.6 Å². The first-order valence-corrected chi connectivity index (χ1v) is 7.61. The number of rotatable bonds is 5.